The average Bonchev–Trinajstić information content (AvgIpc) is 3.10. The van der Waals surface area contributed by atoms with E-state index in [4.69, 9.17) is 10.4 Å². The molecule has 1 aromatic carbocycles. The summed E-state index contributed by atoms with van der Waals surface area (Å²) >= 11 is 1.54. The summed E-state index contributed by atoms with van der Waals surface area (Å²) in [5.74, 6) is -0.0190. The van der Waals surface area contributed by atoms with Crippen LogP contribution in [0.4, 0.5) is 4.39 Å². The van der Waals surface area contributed by atoms with Crippen molar-refractivity contribution in [3.05, 3.63) is 35.1 Å². The van der Waals surface area contributed by atoms with E-state index in [-0.39, 0.29) is 17.4 Å². The van der Waals surface area contributed by atoms with Gasteiger partial charge in [-0.2, -0.15) is 17.0 Å². The van der Waals surface area contributed by atoms with Crippen LogP contribution in [0.3, 0.4) is 0 Å². The number of carboxylic acids is 1. The second-order valence-corrected chi connectivity index (χ2v) is 5.94. The molecule has 1 fully saturated rings. The third kappa shape index (κ3) is 3.48. The molecule has 0 bridgehead atoms. The quantitative estimate of drug-likeness (QED) is 0.868. The van der Waals surface area contributed by atoms with E-state index in [0.717, 1.165) is 18.6 Å². The molecular formula is C14H14FNO2S. The molecule has 1 N–H and O–H groups in total. The van der Waals surface area contributed by atoms with Crippen LogP contribution in [-0.4, -0.2) is 16.8 Å². The number of rotatable bonds is 6. The molecule has 0 spiro atoms. The molecule has 1 aliphatic rings. The summed E-state index contributed by atoms with van der Waals surface area (Å²) in [6.45, 7) is 0. The van der Waals surface area contributed by atoms with Crippen LogP contribution in [0.1, 0.15) is 30.4 Å². The first-order valence-electron chi connectivity index (χ1n) is 6.03. The molecule has 0 aliphatic heterocycles. The van der Waals surface area contributed by atoms with E-state index < -0.39 is 11.8 Å². The Morgan fingerprint density at radius 1 is 1.53 bits per heavy atom. The molecule has 3 nitrogen and oxygen atoms in total. The largest absolute Gasteiger partial charge is 0.481 e. The SMILES string of the molecule is N#Cc1cccc(CSCC2(CC(=O)O)CC2)c1F. The van der Waals surface area contributed by atoms with Gasteiger partial charge in [0.2, 0.25) is 0 Å². The first-order valence-corrected chi connectivity index (χ1v) is 7.19. The molecule has 100 valence electrons. The average molecular weight is 279 g/mol. The smallest absolute Gasteiger partial charge is 0.303 e. The highest BCUT2D eigenvalue weighted by Crippen LogP contribution is 2.51. The first kappa shape index (κ1) is 13.9. The molecule has 0 saturated heterocycles. The van der Waals surface area contributed by atoms with E-state index in [1.54, 1.807) is 12.1 Å². The van der Waals surface area contributed by atoms with Gasteiger partial charge < -0.3 is 5.11 Å². The fourth-order valence-electron chi connectivity index (χ4n) is 2.02. The molecule has 0 radical (unpaired) electrons. The number of nitriles is 1. The third-order valence-corrected chi connectivity index (χ3v) is 4.68. The summed E-state index contributed by atoms with van der Waals surface area (Å²) in [4.78, 5) is 10.7. The Bertz CT molecular complexity index is 535. The maximum absolute atomic E-state index is 13.8. The fraction of sp³-hybridized carbons (Fsp3) is 0.429. The Hall–Kier alpha value is -1.54. The van der Waals surface area contributed by atoms with Crippen molar-refractivity contribution < 1.29 is 14.3 Å². The summed E-state index contributed by atoms with van der Waals surface area (Å²) in [7, 11) is 0. The second kappa shape index (κ2) is 5.62. The van der Waals surface area contributed by atoms with E-state index in [1.807, 2.05) is 6.07 Å². The number of carboxylic acid groups (broad SMARTS) is 1. The molecule has 1 aliphatic carbocycles. The van der Waals surface area contributed by atoms with Crippen LogP contribution in [0.15, 0.2) is 18.2 Å². The van der Waals surface area contributed by atoms with Crippen molar-refractivity contribution in [1.29, 1.82) is 5.26 Å². The Balaban J connectivity index is 1.90. The number of halogens is 1. The van der Waals surface area contributed by atoms with Gasteiger partial charge in [-0.15, -0.1) is 0 Å². The molecule has 1 saturated carbocycles. The third-order valence-electron chi connectivity index (χ3n) is 3.35. The summed E-state index contributed by atoms with van der Waals surface area (Å²) in [5.41, 5.74) is 0.486. The zero-order chi connectivity index (χ0) is 13.9. The number of thioether (sulfide) groups is 1. The Labute approximate surface area is 115 Å². The Morgan fingerprint density at radius 3 is 2.84 bits per heavy atom. The molecular weight excluding hydrogens is 265 g/mol. The topological polar surface area (TPSA) is 61.1 Å². The predicted molar refractivity (Wildman–Crippen MR) is 71.2 cm³/mol. The lowest BCUT2D eigenvalue weighted by Crippen LogP contribution is -2.11. The van der Waals surface area contributed by atoms with Gasteiger partial charge >= 0.3 is 5.97 Å². The molecule has 19 heavy (non-hydrogen) atoms. The minimum absolute atomic E-state index is 0.0600. The van der Waals surface area contributed by atoms with Crippen LogP contribution in [-0.2, 0) is 10.5 Å². The number of nitrogens with zero attached hydrogens (tertiary/aromatic N) is 1. The van der Waals surface area contributed by atoms with Gasteiger partial charge in [-0.25, -0.2) is 4.39 Å². The Morgan fingerprint density at radius 2 is 2.26 bits per heavy atom. The van der Waals surface area contributed by atoms with E-state index in [9.17, 15) is 9.18 Å². The van der Waals surface area contributed by atoms with Gasteiger partial charge in [-0.1, -0.05) is 12.1 Å². The number of aliphatic carboxylic acids is 1. The maximum Gasteiger partial charge on any atom is 0.303 e. The van der Waals surface area contributed by atoms with Crippen LogP contribution in [0, 0.1) is 22.6 Å². The van der Waals surface area contributed by atoms with Gasteiger partial charge in [0, 0.05) is 5.75 Å². The van der Waals surface area contributed by atoms with Crippen molar-refractivity contribution in [2.45, 2.75) is 25.0 Å². The lowest BCUT2D eigenvalue weighted by molar-refractivity contribution is -0.138. The highest BCUT2D eigenvalue weighted by molar-refractivity contribution is 7.98. The lowest BCUT2D eigenvalue weighted by atomic mass is 10.1. The predicted octanol–water partition coefficient (Wildman–Crippen LogP) is 3.19. The van der Waals surface area contributed by atoms with Crippen LogP contribution < -0.4 is 0 Å². The summed E-state index contributed by atoms with van der Waals surface area (Å²) < 4.78 is 13.8. The van der Waals surface area contributed by atoms with Crippen molar-refractivity contribution >= 4 is 17.7 Å². The number of carbonyl (C=O) groups is 1. The van der Waals surface area contributed by atoms with Gasteiger partial charge in [0.25, 0.3) is 0 Å². The highest BCUT2D eigenvalue weighted by atomic mass is 32.2. The van der Waals surface area contributed by atoms with Crippen molar-refractivity contribution in [2.24, 2.45) is 5.41 Å². The van der Waals surface area contributed by atoms with E-state index >= 15 is 0 Å². The molecule has 0 aromatic heterocycles. The van der Waals surface area contributed by atoms with Crippen molar-refractivity contribution in [3.63, 3.8) is 0 Å². The molecule has 0 atom stereocenters. The minimum Gasteiger partial charge on any atom is -0.481 e. The standard InChI is InChI=1S/C14H14FNO2S/c15-13-10(7-16)2-1-3-11(13)8-19-9-14(4-5-14)6-12(17)18/h1-3H,4-6,8-9H2,(H,17,18). The summed E-state index contributed by atoms with van der Waals surface area (Å²) in [6.07, 6.45) is 2.07. The fourth-order valence-corrected chi connectivity index (χ4v) is 3.39. The number of hydrogen-bond donors (Lipinski definition) is 1. The van der Waals surface area contributed by atoms with Crippen LogP contribution in [0.5, 0.6) is 0 Å². The highest BCUT2D eigenvalue weighted by Gasteiger charge is 2.44. The van der Waals surface area contributed by atoms with Crippen molar-refractivity contribution in [1.82, 2.24) is 0 Å². The maximum atomic E-state index is 13.8. The van der Waals surface area contributed by atoms with E-state index in [2.05, 4.69) is 0 Å². The van der Waals surface area contributed by atoms with E-state index in [0.29, 0.717) is 11.3 Å². The molecule has 0 amide bonds. The zero-order valence-electron chi connectivity index (χ0n) is 10.4. The normalized spacial score (nSPS) is 15.8. The van der Waals surface area contributed by atoms with E-state index in [1.165, 1.54) is 17.8 Å². The molecule has 1 aromatic rings. The van der Waals surface area contributed by atoms with Crippen LogP contribution >= 0.6 is 11.8 Å². The molecule has 0 heterocycles. The van der Waals surface area contributed by atoms with Crippen molar-refractivity contribution in [3.8, 4) is 6.07 Å². The zero-order valence-corrected chi connectivity index (χ0v) is 11.2. The Kier molecular flexibility index (Phi) is 4.11. The number of hydrogen-bond acceptors (Lipinski definition) is 3. The monoisotopic (exact) mass is 279 g/mol. The second-order valence-electron chi connectivity index (χ2n) is 4.95. The van der Waals surface area contributed by atoms with Crippen molar-refractivity contribution in [2.75, 3.05) is 5.75 Å². The van der Waals surface area contributed by atoms with Gasteiger partial charge in [0.1, 0.15) is 11.9 Å². The minimum atomic E-state index is -0.768. The van der Waals surface area contributed by atoms with Gasteiger partial charge in [0.05, 0.1) is 12.0 Å². The van der Waals surface area contributed by atoms with Crippen LogP contribution in [0.2, 0.25) is 0 Å². The lowest BCUT2D eigenvalue weighted by Gasteiger charge is -2.12. The molecule has 5 heteroatoms. The van der Waals surface area contributed by atoms with Crippen LogP contribution in [0.25, 0.3) is 0 Å². The van der Waals surface area contributed by atoms with Gasteiger partial charge in [0.15, 0.2) is 0 Å². The summed E-state index contributed by atoms with van der Waals surface area (Å²) in [5, 5.41) is 17.6. The van der Waals surface area contributed by atoms with Gasteiger partial charge in [-0.05, 0) is 35.6 Å². The van der Waals surface area contributed by atoms with Gasteiger partial charge in [-0.3, -0.25) is 4.79 Å². The molecule has 2 rings (SSSR count). The summed E-state index contributed by atoms with van der Waals surface area (Å²) in [6, 6.07) is 6.61. The number of benzene rings is 1. The molecule has 0 unspecified atom stereocenters. The first-order chi connectivity index (χ1) is 9.06.